The second-order valence-corrected chi connectivity index (χ2v) is 4.55. The van der Waals surface area contributed by atoms with Gasteiger partial charge in [-0.1, -0.05) is 12.2 Å². The smallest absolute Gasteiger partial charge is 0.240 e. The number of nitrogens with one attached hydrogen (secondary N) is 1. The minimum atomic E-state index is -0.662. The van der Waals surface area contributed by atoms with E-state index in [2.05, 4.69) is 23.5 Å². The number of nitriles is 1. The highest BCUT2D eigenvalue weighted by Gasteiger charge is 2.50. The average molecular weight is 204 g/mol. The normalized spacial score (nSPS) is 26.7. The highest BCUT2D eigenvalue weighted by molar-refractivity contribution is 5.88. The second-order valence-electron chi connectivity index (χ2n) is 4.55. The van der Waals surface area contributed by atoms with E-state index >= 15 is 0 Å². The molecule has 1 amide bonds. The van der Waals surface area contributed by atoms with Crippen molar-refractivity contribution in [1.82, 2.24) is 5.32 Å². The number of hydrogen-bond donors (Lipinski definition) is 1. The van der Waals surface area contributed by atoms with Gasteiger partial charge in [-0.15, -0.1) is 0 Å². The SMILES string of the molecule is N#CC1(C(=O)NCC2CC=CCC2)CC1. The molecule has 0 aromatic heterocycles. The number of nitrogens with zero attached hydrogens (tertiary/aromatic N) is 1. The molecule has 0 bridgehead atoms. The summed E-state index contributed by atoms with van der Waals surface area (Å²) in [5, 5.41) is 11.8. The van der Waals surface area contributed by atoms with Gasteiger partial charge >= 0.3 is 0 Å². The fourth-order valence-electron chi connectivity index (χ4n) is 1.96. The van der Waals surface area contributed by atoms with Gasteiger partial charge in [-0.05, 0) is 38.0 Å². The molecule has 3 heteroatoms. The van der Waals surface area contributed by atoms with Crippen molar-refractivity contribution in [3.63, 3.8) is 0 Å². The van der Waals surface area contributed by atoms with Gasteiger partial charge in [-0.3, -0.25) is 4.79 Å². The Morgan fingerprint density at radius 3 is 2.87 bits per heavy atom. The van der Waals surface area contributed by atoms with Crippen LogP contribution in [0.4, 0.5) is 0 Å². The third-order valence-corrected chi connectivity index (χ3v) is 3.33. The summed E-state index contributed by atoms with van der Waals surface area (Å²) in [4.78, 5) is 11.6. The molecule has 1 saturated carbocycles. The fraction of sp³-hybridized carbons (Fsp3) is 0.667. The third kappa shape index (κ3) is 2.20. The molecule has 2 aliphatic rings. The van der Waals surface area contributed by atoms with Gasteiger partial charge in [0.15, 0.2) is 0 Å². The number of amides is 1. The minimum Gasteiger partial charge on any atom is -0.354 e. The summed E-state index contributed by atoms with van der Waals surface area (Å²) in [6, 6.07) is 2.11. The first-order valence-electron chi connectivity index (χ1n) is 5.61. The van der Waals surface area contributed by atoms with Crippen LogP contribution in [0.1, 0.15) is 32.1 Å². The molecular weight excluding hydrogens is 188 g/mol. The first-order valence-corrected chi connectivity index (χ1v) is 5.61. The van der Waals surface area contributed by atoms with E-state index in [1.54, 1.807) is 0 Å². The van der Waals surface area contributed by atoms with Crippen LogP contribution in [0.25, 0.3) is 0 Å². The topological polar surface area (TPSA) is 52.9 Å². The van der Waals surface area contributed by atoms with E-state index in [-0.39, 0.29) is 5.91 Å². The standard InChI is InChI=1S/C12H16N2O/c13-9-12(6-7-12)11(15)14-8-10-4-2-1-3-5-10/h1-2,10H,3-8H2,(H,14,15). The van der Waals surface area contributed by atoms with Crippen LogP contribution >= 0.6 is 0 Å². The van der Waals surface area contributed by atoms with Gasteiger partial charge in [0.05, 0.1) is 6.07 Å². The van der Waals surface area contributed by atoms with Gasteiger partial charge in [0, 0.05) is 6.54 Å². The molecule has 2 aliphatic carbocycles. The van der Waals surface area contributed by atoms with Crippen molar-refractivity contribution < 1.29 is 4.79 Å². The van der Waals surface area contributed by atoms with Crippen LogP contribution in [0.15, 0.2) is 12.2 Å². The Morgan fingerprint density at radius 1 is 1.53 bits per heavy atom. The van der Waals surface area contributed by atoms with E-state index in [4.69, 9.17) is 5.26 Å². The van der Waals surface area contributed by atoms with E-state index in [1.165, 1.54) is 0 Å². The van der Waals surface area contributed by atoms with Gasteiger partial charge in [0.2, 0.25) is 5.91 Å². The molecule has 1 atom stereocenters. The van der Waals surface area contributed by atoms with E-state index < -0.39 is 5.41 Å². The van der Waals surface area contributed by atoms with E-state index in [0.29, 0.717) is 5.92 Å². The van der Waals surface area contributed by atoms with Crippen molar-refractivity contribution in [2.45, 2.75) is 32.1 Å². The molecule has 0 aromatic carbocycles. The highest BCUT2D eigenvalue weighted by atomic mass is 16.2. The van der Waals surface area contributed by atoms with Crippen molar-refractivity contribution in [1.29, 1.82) is 5.26 Å². The largest absolute Gasteiger partial charge is 0.354 e. The van der Waals surface area contributed by atoms with Gasteiger partial charge in [-0.25, -0.2) is 0 Å². The molecule has 1 fully saturated rings. The van der Waals surface area contributed by atoms with E-state index in [1.807, 2.05) is 0 Å². The molecule has 0 aliphatic heterocycles. The molecule has 0 aromatic rings. The Bertz CT molecular complexity index is 323. The van der Waals surface area contributed by atoms with E-state index in [9.17, 15) is 4.79 Å². The molecular formula is C12H16N2O. The molecule has 0 saturated heterocycles. The highest BCUT2D eigenvalue weighted by Crippen LogP contribution is 2.45. The van der Waals surface area contributed by atoms with Crippen molar-refractivity contribution in [2.24, 2.45) is 11.3 Å². The van der Waals surface area contributed by atoms with Gasteiger partial charge in [0.25, 0.3) is 0 Å². The molecule has 1 N–H and O–H groups in total. The first-order chi connectivity index (χ1) is 7.27. The van der Waals surface area contributed by atoms with Crippen LogP contribution in [0.5, 0.6) is 0 Å². The molecule has 2 rings (SSSR count). The molecule has 3 nitrogen and oxygen atoms in total. The number of carbonyl (C=O) groups is 1. The van der Waals surface area contributed by atoms with Gasteiger partial charge in [-0.2, -0.15) is 5.26 Å². The Kier molecular flexibility index (Phi) is 2.77. The lowest BCUT2D eigenvalue weighted by atomic mass is 9.94. The van der Waals surface area contributed by atoms with Crippen LogP contribution in [0.2, 0.25) is 0 Å². The Balaban J connectivity index is 1.76. The maximum atomic E-state index is 11.6. The molecule has 0 radical (unpaired) electrons. The van der Waals surface area contributed by atoms with Crippen LogP contribution in [0.3, 0.4) is 0 Å². The zero-order valence-corrected chi connectivity index (χ0v) is 8.83. The van der Waals surface area contributed by atoms with Crippen LogP contribution < -0.4 is 5.32 Å². The number of hydrogen-bond acceptors (Lipinski definition) is 2. The Labute approximate surface area is 90.2 Å². The summed E-state index contributed by atoms with van der Waals surface area (Å²) in [6.45, 7) is 0.729. The zero-order valence-electron chi connectivity index (χ0n) is 8.83. The van der Waals surface area contributed by atoms with Crippen molar-refractivity contribution in [3.8, 4) is 6.07 Å². The number of carbonyl (C=O) groups excluding carboxylic acids is 1. The Hall–Kier alpha value is -1.30. The number of rotatable bonds is 3. The monoisotopic (exact) mass is 204 g/mol. The maximum absolute atomic E-state index is 11.6. The molecule has 1 unspecified atom stereocenters. The van der Waals surface area contributed by atoms with E-state index in [0.717, 1.165) is 38.6 Å². The molecule has 0 heterocycles. The van der Waals surface area contributed by atoms with Gasteiger partial charge in [0.1, 0.15) is 5.41 Å². The molecule has 0 spiro atoms. The summed E-state index contributed by atoms with van der Waals surface area (Å²) in [7, 11) is 0. The lowest BCUT2D eigenvalue weighted by Gasteiger charge is -2.18. The summed E-state index contributed by atoms with van der Waals surface area (Å²) in [5.41, 5.74) is -0.662. The van der Waals surface area contributed by atoms with Crippen molar-refractivity contribution >= 4 is 5.91 Å². The summed E-state index contributed by atoms with van der Waals surface area (Å²) in [5.74, 6) is 0.507. The molecule has 80 valence electrons. The zero-order chi connectivity index (χ0) is 10.7. The lowest BCUT2D eigenvalue weighted by molar-refractivity contribution is -0.124. The Morgan fingerprint density at radius 2 is 2.33 bits per heavy atom. The predicted octanol–water partition coefficient (Wildman–Crippen LogP) is 1.76. The van der Waals surface area contributed by atoms with Crippen molar-refractivity contribution in [2.75, 3.05) is 6.54 Å². The average Bonchev–Trinajstić information content (AvgIpc) is 3.08. The van der Waals surface area contributed by atoms with Crippen LogP contribution in [-0.4, -0.2) is 12.5 Å². The van der Waals surface area contributed by atoms with Crippen molar-refractivity contribution in [3.05, 3.63) is 12.2 Å². The lowest BCUT2D eigenvalue weighted by Crippen LogP contribution is -2.35. The summed E-state index contributed by atoms with van der Waals surface area (Å²) < 4.78 is 0. The van der Waals surface area contributed by atoms with Crippen LogP contribution in [0, 0.1) is 22.7 Å². The maximum Gasteiger partial charge on any atom is 0.240 e. The predicted molar refractivity (Wildman–Crippen MR) is 56.8 cm³/mol. The fourth-order valence-corrected chi connectivity index (χ4v) is 1.96. The minimum absolute atomic E-state index is 0.0560. The summed E-state index contributed by atoms with van der Waals surface area (Å²) in [6.07, 6.45) is 9.16. The third-order valence-electron chi connectivity index (χ3n) is 3.33. The second kappa shape index (κ2) is 4.06. The van der Waals surface area contributed by atoms with Gasteiger partial charge < -0.3 is 5.32 Å². The van der Waals surface area contributed by atoms with Crippen LogP contribution in [-0.2, 0) is 4.79 Å². The molecule has 15 heavy (non-hydrogen) atoms. The number of allylic oxidation sites excluding steroid dienone is 2. The first kappa shape index (κ1) is 10.2. The summed E-state index contributed by atoms with van der Waals surface area (Å²) >= 11 is 0. The quantitative estimate of drug-likeness (QED) is 0.712.